The van der Waals surface area contributed by atoms with Crippen LogP contribution >= 0.6 is 0 Å². The molecule has 0 saturated heterocycles. The van der Waals surface area contributed by atoms with Gasteiger partial charge in [0.05, 0.1) is 12.8 Å². The number of anilines is 1. The van der Waals surface area contributed by atoms with Gasteiger partial charge in [0.25, 0.3) is 0 Å². The lowest BCUT2D eigenvalue weighted by atomic mass is 10.1. The standard InChI is InChI=1S/C13H19N3O3/c1-4-8(2)13(17)15-11-9(12(14)16-18)6-5-7-10(11)19-3/h5-8,18H,4H2,1-3H3,(H2,14,16)(H,15,17). The first kappa shape index (κ1) is 14.8. The van der Waals surface area contributed by atoms with Crippen molar-refractivity contribution >= 4 is 17.4 Å². The molecule has 0 aliphatic rings. The number of rotatable bonds is 5. The highest BCUT2D eigenvalue weighted by molar-refractivity contribution is 6.07. The molecule has 4 N–H and O–H groups in total. The molecule has 6 heteroatoms. The summed E-state index contributed by atoms with van der Waals surface area (Å²) in [7, 11) is 1.49. The van der Waals surface area contributed by atoms with Gasteiger partial charge in [-0.25, -0.2) is 0 Å². The van der Waals surface area contributed by atoms with E-state index >= 15 is 0 Å². The maximum Gasteiger partial charge on any atom is 0.227 e. The van der Waals surface area contributed by atoms with Gasteiger partial charge in [0, 0.05) is 11.5 Å². The lowest BCUT2D eigenvalue weighted by Gasteiger charge is -2.16. The molecule has 0 aromatic heterocycles. The van der Waals surface area contributed by atoms with Gasteiger partial charge in [-0.3, -0.25) is 4.79 Å². The number of nitrogens with two attached hydrogens (primary N) is 1. The van der Waals surface area contributed by atoms with Crippen molar-refractivity contribution in [1.29, 1.82) is 0 Å². The quantitative estimate of drug-likeness (QED) is 0.327. The molecule has 0 fully saturated rings. The summed E-state index contributed by atoms with van der Waals surface area (Å²) in [6, 6.07) is 5.04. The summed E-state index contributed by atoms with van der Waals surface area (Å²) in [5, 5.41) is 14.5. The summed E-state index contributed by atoms with van der Waals surface area (Å²) in [5.41, 5.74) is 6.42. The van der Waals surface area contributed by atoms with Gasteiger partial charge in [0.2, 0.25) is 5.91 Å². The monoisotopic (exact) mass is 265 g/mol. The number of nitrogens with zero attached hydrogens (tertiary/aromatic N) is 1. The Morgan fingerprint density at radius 1 is 1.58 bits per heavy atom. The van der Waals surface area contributed by atoms with Gasteiger partial charge in [-0.15, -0.1) is 0 Å². The Kier molecular flexibility index (Phi) is 5.17. The van der Waals surface area contributed by atoms with Crippen molar-refractivity contribution in [2.24, 2.45) is 16.8 Å². The van der Waals surface area contributed by atoms with Crippen LogP contribution in [-0.4, -0.2) is 24.1 Å². The highest BCUT2D eigenvalue weighted by Crippen LogP contribution is 2.28. The van der Waals surface area contributed by atoms with E-state index in [0.717, 1.165) is 6.42 Å². The molecule has 0 aliphatic heterocycles. The van der Waals surface area contributed by atoms with Gasteiger partial charge < -0.3 is 21.0 Å². The summed E-state index contributed by atoms with van der Waals surface area (Å²) >= 11 is 0. The fraction of sp³-hybridized carbons (Fsp3) is 0.385. The average molecular weight is 265 g/mol. The van der Waals surface area contributed by atoms with Gasteiger partial charge >= 0.3 is 0 Å². The summed E-state index contributed by atoms with van der Waals surface area (Å²) in [5.74, 6) is 0.100. The van der Waals surface area contributed by atoms with Crippen molar-refractivity contribution in [1.82, 2.24) is 0 Å². The smallest absolute Gasteiger partial charge is 0.227 e. The molecular formula is C13H19N3O3. The van der Waals surface area contributed by atoms with Crippen LogP contribution in [0.3, 0.4) is 0 Å². The molecule has 0 aliphatic carbocycles. The van der Waals surface area contributed by atoms with E-state index in [-0.39, 0.29) is 17.7 Å². The Labute approximate surface area is 112 Å². The van der Waals surface area contributed by atoms with Crippen molar-refractivity contribution in [3.8, 4) is 5.75 Å². The van der Waals surface area contributed by atoms with Crippen LogP contribution in [0.15, 0.2) is 23.4 Å². The van der Waals surface area contributed by atoms with Crippen LogP contribution in [0.25, 0.3) is 0 Å². The molecule has 104 valence electrons. The molecule has 6 nitrogen and oxygen atoms in total. The number of amides is 1. The van der Waals surface area contributed by atoms with E-state index in [1.54, 1.807) is 18.2 Å². The van der Waals surface area contributed by atoms with Crippen LogP contribution in [0.5, 0.6) is 5.75 Å². The third-order valence-corrected chi connectivity index (χ3v) is 2.94. The normalized spacial score (nSPS) is 12.9. The van der Waals surface area contributed by atoms with Crippen molar-refractivity contribution in [3.05, 3.63) is 23.8 Å². The number of ether oxygens (including phenoxy) is 1. The first-order valence-corrected chi connectivity index (χ1v) is 6.00. The third kappa shape index (κ3) is 3.37. The molecule has 19 heavy (non-hydrogen) atoms. The first-order valence-electron chi connectivity index (χ1n) is 6.00. The van der Waals surface area contributed by atoms with E-state index in [2.05, 4.69) is 10.5 Å². The fourth-order valence-corrected chi connectivity index (χ4v) is 1.53. The van der Waals surface area contributed by atoms with Crippen LogP contribution in [0.2, 0.25) is 0 Å². The van der Waals surface area contributed by atoms with Crippen molar-refractivity contribution in [2.45, 2.75) is 20.3 Å². The predicted molar refractivity (Wildman–Crippen MR) is 73.6 cm³/mol. The van der Waals surface area contributed by atoms with E-state index < -0.39 is 0 Å². The van der Waals surface area contributed by atoms with Crippen LogP contribution in [0.4, 0.5) is 5.69 Å². The van der Waals surface area contributed by atoms with Crippen LogP contribution in [0.1, 0.15) is 25.8 Å². The zero-order valence-corrected chi connectivity index (χ0v) is 11.3. The number of carbonyl (C=O) groups excluding carboxylic acids is 1. The average Bonchev–Trinajstić information content (AvgIpc) is 2.45. The Bertz CT molecular complexity index is 486. The Morgan fingerprint density at radius 2 is 2.26 bits per heavy atom. The molecular weight excluding hydrogens is 246 g/mol. The SMILES string of the molecule is CCC(C)C(=O)Nc1c(OC)cccc1/C(N)=N/O. The van der Waals surface area contributed by atoms with Gasteiger partial charge in [0.15, 0.2) is 5.84 Å². The number of amidine groups is 1. The second-order valence-corrected chi connectivity index (χ2v) is 4.17. The second kappa shape index (κ2) is 6.63. The van der Waals surface area contributed by atoms with Gasteiger partial charge in [-0.05, 0) is 18.6 Å². The van der Waals surface area contributed by atoms with E-state index in [9.17, 15) is 4.79 Å². The molecule has 0 heterocycles. The summed E-state index contributed by atoms with van der Waals surface area (Å²) in [4.78, 5) is 12.0. The second-order valence-electron chi connectivity index (χ2n) is 4.17. The number of methoxy groups -OCH3 is 1. The van der Waals surface area contributed by atoms with E-state index in [1.165, 1.54) is 7.11 Å². The molecule has 0 spiro atoms. The maximum absolute atomic E-state index is 12.0. The van der Waals surface area contributed by atoms with Crippen molar-refractivity contribution in [3.63, 3.8) is 0 Å². The van der Waals surface area contributed by atoms with Gasteiger partial charge in [0.1, 0.15) is 5.75 Å². The minimum atomic E-state index is -0.140. The molecule has 0 saturated carbocycles. The molecule has 1 unspecified atom stereocenters. The van der Waals surface area contributed by atoms with Crippen molar-refractivity contribution in [2.75, 3.05) is 12.4 Å². The minimum absolute atomic E-state index is 0.0849. The Balaban J connectivity index is 3.19. The van der Waals surface area contributed by atoms with E-state index in [1.807, 2.05) is 13.8 Å². The number of oxime groups is 1. The highest BCUT2D eigenvalue weighted by atomic mass is 16.5. The fourth-order valence-electron chi connectivity index (χ4n) is 1.53. The number of hydrogen-bond donors (Lipinski definition) is 3. The number of nitrogens with one attached hydrogen (secondary N) is 1. The Hall–Kier alpha value is -2.24. The Morgan fingerprint density at radius 3 is 2.79 bits per heavy atom. The topological polar surface area (TPSA) is 96.9 Å². The molecule has 1 amide bonds. The number of benzene rings is 1. The van der Waals surface area contributed by atoms with E-state index in [0.29, 0.717) is 17.0 Å². The summed E-state index contributed by atoms with van der Waals surface area (Å²) < 4.78 is 5.19. The third-order valence-electron chi connectivity index (χ3n) is 2.94. The molecule has 1 aromatic rings. The first-order chi connectivity index (χ1) is 9.04. The van der Waals surface area contributed by atoms with E-state index in [4.69, 9.17) is 15.7 Å². The highest BCUT2D eigenvalue weighted by Gasteiger charge is 2.17. The van der Waals surface area contributed by atoms with Gasteiger partial charge in [-0.1, -0.05) is 25.1 Å². The lowest BCUT2D eigenvalue weighted by molar-refractivity contribution is -0.119. The number of carbonyl (C=O) groups is 1. The lowest BCUT2D eigenvalue weighted by Crippen LogP contribution is -2.23. The molecule has 1 atom stereocenters. The van der Waals surface area contributed by atoms with Gasteiger partial charge in [-0.2, -0.15) is 0 Å². The minimum Gasteiger partial charge on any atom is -0.495 e. The number of hydrogen-bond acceptors (Lipinski definition) is 4. The largest absolute Gasteiger partial charge is 0.495 e. The van der Waals surface area contributed by atoms with Crippen molar-refractivity contribution < 1.29 is 14.7 Å². The van der Waals surface area contributed by atoms with Crippen LogP contribution in [-0.2, 0) is 4.79 Å². The number of para-hydroxylation sites is 1. The zero-order valence-electron chi connectivity index (χ0n) is 11.3. The molecule has 0 radical (unpaired) electrons. The summed E-state index contributed by atoms with van der Waals surface area (Å²) in [6.45, 7) is 3.75. The molecule has 1 rings (SSSR count). The predicted octanol–water partition coefficient (Wildman–Crippen LogP) is 1.77. The van der Waals surface area contributed by atoms with Crippen LogP contribution in [0, 0.1) is 5.92 Å². The molecule has 1 aromatic carbocycles. The zero-order chi connectivity index (χ0) is 14.4. The molecule has 0 bridgehead atoms. The summed E-state index contributed by atoms with van der Waals surface area (Å²) in [6.07, 6.45) is 0.722. The van der Waals surface area contributed by atoms with Crippen LogP contribution < -0.4 is 15.8 Å². The maximum atomic E-state index is 12.0.